The van der Waals surface area contributed by atoms with Crippen LogP contribution in [0.3, 0.4) is 0 Å². The van der Waals surface area contributed by atoms with Gasteiger partial charge in [0.1, 0.15) is 0 Å². The van der Waals surface area contributed by atoms with Crippen LogP contribution in [0.2, 0.25) is 0 Å². The summed E-state index contributed by atoms with van der Waals surface area (Å²) in [5, 5.41) is 7.76. The fourth-order valence-electron chi connectivity index (χ4n) is 7.46. The minimum absolute atomic E-state index is 1.18. The molecule has 0 radical (unpaired) electrons. The Bertz CT molecular complexity index is 2710. The first-order chi connectivity index (χ1) is 22.4. The quantitative estimate of drug-likeness (QED) is 0.194. The van der Waals surface area contributed by atoms with Crippen molar-refractivity contribution in [2.75, 3.05) is 0 Å². The molecule has 0 amide bonds. The first-order valence-electron chi connectivity index (χ1n) is 15.4. The van der Waals surface area contributed by atoms with E-state index in [0.29, 0.717) is 0 Å². The van der Waals surface area contributed by atoms with Crippen molar-refractivity contribution in [1.82, 2.24) is 9.13 Å². The van der Waals surface area contributed by atoms with Crippen LogP contribution in [0, 0.1) is 0 Å². The van der Waals surface area contributed by atoms with E-state index in [1.54, 1.807) is 0 Å². The molecular weight excluding hydrogens is 565 g/mol. The Hall–Kier alpha value is -5.64. The molecule has 0 N–H and O–H groups in total. The summed E-state index contributed by atoms with van der Waals surface area (Å²) in [5.74, 6) is 0. The van der Waals surface area contributed by atoms with Gasteiger partial charge in [-0.1, -0.05) is 121 Å². The smallest absolute Gasteiger partial charge is 0.0783 e. The molecule has 45 heavy (non-hydrogen) atoms. The average Bonchev–Trinajstić information content (AvgIpc) is 3.76. The van der Waals surface area contributed by atoms with Crippen LogP contribution in [-0.4, -0.2) is 9.13 Å². The molecule has 10 aromatic rings. The summed E-state index contributed by atoms with van der Waals surface area (Å²) in [6.45, 7) is 0. The van der Waals surface area contributed by atoms with Gasteiger partial charge in [-0.3, -0.25) is 0 Å². The lowest BCUT2D eigenvalue weighted by molar-refractivity contribution is 1.13. The van der Waals surface area contributed by atoms with Crippen LogP contribution in [-0.2, 0) is 0 Å². The van der Waals surface area contributed by atoms with Crippen molar-refractivity contribution in [2.24, 2.45) is 0 Å². The molecule has 0 fully saturated rings. The molecule has 0 aliphatic carbocycles. The van der Waals surface area contributed by atoms with Gasteiger partial charge in [0.05, 0.1) is 33.4 Å². The molecule has 2 nitrogen and oxygen atoms in total. The van der Waals surface area contributed by atoms with Crippen LogP contribution in [0.15, 0.2) is 158 Å². The van der Waals surface area contributed by atoms with Crippen LogP contribution < -0.4 is 0 Å². The number of nitrogens with zero attached hydrogens (tertiary/aromatic N) is 2. The van der Waals surface area contributed by atoms with Crippen LogP contribution in [0.5, 0.6) is 0 Å². The van der Waals surface area contributed by atoms with Gasteiger partial charge in [0, 0.05) is 47.3 Å². The lowest BCUT2D eigenvalue weighted by Gasteiger charge is -2.17. The Morgan fingerprint density at radius 3 is 1.80 bits per heavy atom. The van der Waals surface area contributed by atoms with E-state index in [1.807, 2.05) is 11.3 Å². The average molecular weight is 591 g/mol. The highest BCUT2D eigenvalue weighted by atomic mass is 32.1. The zero-order valence-electron chi connectivity index (χ0n) is 24.3. The number of thiophene rings is 1. The molecule has 0 unspecified atom stereocenters. The second-order valence-corrected chi connectivity index (χ2v) is 12.7. The normalized spacial score (nSPS) is 12.0. The molecule has 3 heteroatoms. The van der Waals surface area contributed by atoms with E-state index in [1.165, 1.54) is 86.3 Å². The molecule has 0 saturated heterocycles. The lowest BCUT2D eigenvalue weighted by atomic mass is 10.0. The number of hydrogen-bond donors (Lipinski definition) is 0. The SMILES string of the molecule is c1ccc(-c2ccccc2-n2c3ccc4c5ccccc5sc4c3c3cccc(-n4c5ccccc5c5ccccc54)c32)cc1. The zero-order valence-corrected chi connectivity index (χ0v) is 25.1. The van der Waals surface area contributed by atoms with E-state index in [2.05, 4.69) is 167 Å². The standard InChI is InChI=1S/C42H26N2S/c1-2-13-27(14-3-1)28-15-4-8-20-34(28)44-37-26-25-32-31-18-7-11-24-39(31)45-42(32)40(37)33-19-12-23-38(41(33)44)43-35-21-9-5-16-29(35)30-17-6-10-22-36(30)43/h1-26H. The Morgan fingerprint density at radius 2 is 1.00 bits per heavy atom. The second kappa shape index (κ2) is 9.43. The molecule has 0 atom stereocenters. The predicted molar refractivity (Wildman–Crippen MR) is 193 cm³/mol. The number of benzene rings is 7. The lowest BCUT2D eigenvalue weighted by Crippen LogP contribution is -2.02. The van der Waals surface area contributed by atoms with E-state index >= 15 is 0 Å². The second-order valence-electron chi connectivity index (χ2n) is 11.7. The number of fused-ring (bicyclic) bond motifs is 10. The monoisotopic (exact) mass is 590 g/mol. The van der Waals surface area contributed by atoms with Gasteiger partial charge >= 0.3 is 0 Å². The summed E-state index contributed by atoms with van der Waals surface area (Å²) in [6.07, 6.45) is 0. The van der Waals surface area contributed by atoms with Crippen molar-refractivity contribution >= 4 is 75.1 Å². The molecular formula is C42H26N2S. The molecule has 0 aliphatic heterocycles. The molecule has 3 heterocycles. The minimum atomic E-state index is 1.18. The van der Waals surface area contributed by atoms with Gasteiger partial charge in [0.25, 0.3) is 0 Å². The van der Waals surface area contributed by atoms with Gasteiger partial charge in [-0.15, -0.1) is 11.3 Å². The van der Waals surface area contributed by atoms with E-state index in [0.717, 1.165) is 0 Å². The van der Waals surface area contributed by atoms with Crippen LogP contribution >= 0.6 is 11.3 Å². The predicted octanol–water partition coefficient (Wildman–Crippen LogP) is 11.9. The fourth-order valence-corrected chi connectivity index (χ4v) is 8.72. The molecule has 3 aromatic heterocycles. The highest BCUT2D eigenvalue weighted by molar-refractivity contribution is 7.26. The van der Waals surface area contributed by atoms with Crippen LogP contribution in [0.4, 0.5) is 0 Å². The van der Waals surface area contributed by atoms with Crippen molar-refractivity contribution in [2.45, 2.75) is 0 Å². The zero-order chi connectivity index (χ0) is 29.5. The largest absolute Gasteiger partial charge is 0.307 e. The Kier molecular flexibility index (Phi) is 5.19. The number of rotatable bonds is 3. The third kappa shape index (κ3) is 3.44. The third-order valence-corrected chi connectivity index (χ3v) is 10.5. The van der Waals surface area contributed by atoms with Gasteiger partial charge < -0.3 is 9.13 Å². The number of para-hydroxylation sites is 4. The molecule has 0 saturated carbocycles. The first kappa shape index (κ1) is 24.8. The molecule has 0 bridgehead atoms. The third-order valence-electron chi connectivity index (χ3n) is 9.32. The summed E-state index contributed by atoms with van der Waals surface area (Å²) in [7, 11) is 0. The highest BCUT2D eigenvalue weighted by Crippen LogP contribution is 2.46. The molecule has 0 spiro atoms. The van der Waals surface area contributed by atoms with E-state index in [9.17, 15) is 0 Å². The molecule has 210 valence electrons. The number of aromatic nitrogens is 2. The molecule has 10 rings (SSSR count). The van der Waals surface area contributed by atoms with Crippen LogP contribution in [0.1, 0.15) is 0 Å². The summed E-state index contributed by atoms with van der Waals surface area (Å²) in [6, 6.07) is 57.5. The maximum absolute atomic E-state index is 2.52. The summed E-state index contributed by atoms with van der Waals surface area (Å²) in [4.78, 5) is 0. The first-order valence-corrected chi connectivity index (χ1v) is 16.2. The van der Waals surface area contributed by atoms with Crippen molar-refractivity contribution in [3.63, 3.8) is 0 Å². The highest BCUT2D eigenvalue weighted by Gasteiger charge is 2.23. The Balaban J connectivity index is 1.44. The fraction of sp³-hybridized carbons (Fsp3) is 0. The van der Waals surface area contributed by atoms with Gasteiger partial charge in [-0.05, 0) is 42.0 Å². The van der Waals surface area contributed by atoms with Crippen molar-refractivity contribution in [1.29, 1.82) is 0 Å². The van der Waals surface area contributed by atoms with Gasteiger partial charge in [0.2, 0.25) is 0 Å². The van der Waals surface area contributed by atoms with E-state index in [-0.39, 0.29) is 0 Å². The van der Waals surface area contributed by atoms with Crippen molar-refractivity contribution < 1.29 is 0 Å². The van der Waals surface area contributed by atoms with Crippen molar-refractivity contribution in [3.8, 4) is 22.5 Å². The van der Waals surface area contributed by atoms with Gasteiger partial charge in [-0.2, -0.15) is 0 Å². The van der Waals surface area contributed by atoms with E-state index < -0.39 is 0 Å². The maximum atomic E-state index is 2.52. The Morgan fingerprint density at radius 1 is 0.378 bits per heavy atom. The minimum Gasteiger partial charge on any atom is -0.307 e. The van der Waals surface area contributed by atoms with E-state index in [4.69, 9.17) is 0 Å². The molecule has 7 aromatic carbocycles. The topological polar surface area (TPSA) is 9.86 Å². The maximum Gasteiger partial charge on any atom is 0.0783 e. The summed E-state index contributed by atoms with van der Waals surface area (Å²) < 4.78 is 7.66. The molecule has 0 aliphatic rings. The summed E-state index contributed by atoms with van der Waals surface area (Å²) in [5.41, 5.74) is 9.65. The van der Waals surface area contributed by atoms with Gasteiger partial charge in [-0.25, -0.2) is 0 Å². The summed E-state index contributed by atoms with van der Waals surface area (Å²) >= 11 is 1.90. The van der Waals surface area contributed by atoms with Crippen molar-refractivity contribution in [3.05, 3.63) is 158 Å². The number of hydrogen-bond acceptors (Lipinski definition) is 1. The Labute approximate surface area is 263 Å². The van der Waals surface area contributed by atoms with Crippen LogP contribution in [0.25, 0.3) is 86.3 Å². The van der Waals surface area contributed by atoms with Gasteiger partial charge in [0.15, 0.2) is 0 Å².